The molecule has 0 spiro atoms. The number of carbonyl (C=O) groups is 2. The normalized spacial score (nSPS) is 12.4. The van der Waals surface area contributed by atoms with Gasteiger partial charge in [-0.15, -0.1) is 10.2 Å². The molecule has 2 heterocycles. The lowest BCUT2D eigenvalue weighted by atomic mass is 10.0. The molecule has 0 bridgehead atoms. The van der Waals surface area contributed by atoms with Gasteiger partial charge in [0.1, 0.15) is 11.9 Å². The van der Waals surface area contributed by atoms with Crippen molar-refractivity contribution in [1.82, 2.24) is 25.2 Å². The van der Waals surface area contributed by atoms with Gasteiger partial charge in [-0.25, -0.2) is 0 Å². The molecule has 2 aromatic heterocycles. The highest BCUT2D eigenvalue weighted by Gasteiger charge is 2.22. The highest BCUT2D eigenvalue weighted by molar-refractivity contribution is 5.87. The number of aromatic nitrogens is 3. The van der Waals surface area contributed by atoms with Gasteiger partial charge in [-0.3, -0.25) is 14.0 Å². The maximum Gasteiger partial charge on any atom is 0.242 e. The van der Waals surface area contributed by atoms with Gasteiger partial charge in [0.15, 0.2) is 5.65 Å². The minimum atomic E-state index is -0.521. The lowest BCUT2D eigenvalue weighted by Crippen LogP contribution is -2.49. The molecule has 2 N–H and O–H groups in total. The number of amides is 2. The number of fused-ring (bicyclic) bond motifs is 1. The molecule has 0 aliphatic rings. The maximum atomic E-state index is 12.1. The summed E-state index contributed by atoms with van der Waals surface area (Å²) in [6.45, 7) is 5.64. The number of nitrogens with zero attached hydrogens (tertiary/aromatic N) is 3. The van der Waals surface area contributed by atoms with E-state index < -0.39 is 6.04 Å². The van der Waals surface area contributed by atoms with Crippen molar-refractivity contribution in [2.45, 2.75) is 33.2 Å². The van der Waals surface area contributed by atoms with E-state index in [1.54, 1.807) is 0 Å². The SMILES string of the molecule is CC(=O)N[C@@H](C(=O)NCCc1nnc2ccccn12)C(C)C. The minimum Gasteiger partial charge on any atom is -0.354 e. The second-order valence-corrected chi connectivity index (χ2v) is 5.51. The maximum absolute atomic E-state index is 12.1. The molecule has 2 amide bonds. The van der Waals surface area contributed by atoms with Gasteiger partial charge in [0.05, 0.1) is 0 Å². The summed E-state index contributed by atoms with van der Waals surface area (Å²) in [7, 11) is 0. The Morgan fingerprint density at radius 1 is 1.27 bits per heavy atom. The Labute approximate surface area is 129 Å². The van der Waals surface area contributed by atoms with Gasteiger partial charge in [0, 0.05) is 26.1 Å². The number of carbonyl (C=O) groups excluding carboxylic acids is 2. The van der Waals surface area contributed by atoms with E-state index in [0.29, 0.717) is 13.0 Å². The van der Waals surface area contributed by atoms with E-state index in [2.05, 4.69) is 20.8 Å². The Balaban J connectivity index is 1.92. The summed E-state index contributed by atoms with van der Waals surface area (Å²) in [5, 5.41) is 13.7. The molecule has 2 rings (SSSR count). The first-order chi connectivity index (χ1) is 10.5. The summed E-state index contributed by atoms with van der Waals surface area (Å²) in [6, 6.07) is 5.16. The zero-order valence-corrected chi connectivity index (χ0v) is 13.0. The van der Waals surface area contributed by atoms with Crippen LogP contribution in [0.3, 0.4) is 0 Å². The van der Waals surface area contributed by atoms with Crippen LogP contribution in [0.2, 0.25) is 0 Å². The van der Waals surface area contributed by atoms with E-state index in [1.807, 2.05) is 42.6 Å². The second-order valence-electron chi connectivity index (χ2n) is 5.51. The smallest absolute Gasteiger partial charge is 0.242 e. The van der Waals surface area contributed by atoms with Crippen LogP contribution in [0.15, 0.2) is 24.4 Å². The predicted octanol–water partition coefficient (Wildman–Crippen LogP) is 0.549. The highest BCUT2D eigenvalue weighted by Crippen LogP contribution is 2.04. The van der Waals surface area contributed by atoms with Crippen LogP contribution in [-0.2, 0) is 16.0 Å². The number of pyridine rings is 1. The lowest BCUT2D eigenvalue weighted by Gasteiger charge is -2.20. The number of hydrogen-bond acceptors (Lipinski definition) is 4. The fraction of sp³-hybridized carbons (Fsp3) is 0.467. The summed E-state index contributed by atoms with van der Waals surface area (Å²) in [5.74, 6) is 0.422. The molecule has 0 aliphatic carbocycles. The van der Waals surface area contributed by atoms with Crippen LogP contribution in [0.5, 0.6) is 0 Å². The molecule has 0 unspecified atom stereocenters. The zero-order chi connectivity index (χ0) is 16.1. The van der Waals surface area contributed by atoms with E-state index in [9.17, 15) is 9.59 Å². The Hall–Kier alpha value is -2.44. The third-order valence-corrected chi connectivity index (χ3v) is 3.34. The van der Waals surface area contributed by atoms with Gasteiger partial charge in [-0.2, -0.15) is 0 Å². The van der Waals surface area contributed by atoms with Crippen molar-refractivity contribution in [3.05, 3.63) is 30.2 Å². The fourth-order valence-electron chi connectivity index (χ4n) is 2.22. The van der Waals surface area contributed by atoms with Gasteiger partial charge in [0.2, 0.25) is 11.8 Å². The van der Waals surface area contributed by atoms with Crippen LogP contribution in [0, 0.1) is 5.92 Å². The Bertz CT molecular complexity index is 665. The molecule has 0 saturated carbocycles. The summed E-state index contributed by atoms with van der Waals surface area (Å²) in [4.78, 5) is 23.3. The molecule has 22 heavy (non-hydrogen) atoms. The van der Waals surface area contributed by atoms with Crippen LogP contribution >= 0.6 is 0 Å². The first-order valence-electron chi connectivity index (χ1n) is 7.32. The molecule has 1 atom stereocenters. The van der Waals surface area contributed by atoms with Crippen LogP contribution in [-0.4, -0.2) is 39.0 Å². The van der Waals surface area contributed by atoms with E-state index in [4.69, 9.17) is 0 Å². The molecule has 7 heteroatoms. The summed E-state index contributed by atoms with van der Waals surface area (Å²) >= 11 is 0. The number of hydrogen-bond donors (Lipinski definition) is 2. The quantitative estimate of drug-likeness (QED) is 0.815. The van der Waals surface area contributed by atoms with Crippen molar-refractivity contribution in [1.29, 1.82) is 0 Å². The standard InChI is InChI=1S/C15H21N5O2/c1-10(2)14(17-11(3)21)15(22)16-8-7-13-19-18-12-6-4-5-9-20(12)13/h4-6,9-10,14H,7-8H2,1-3H3,(H,16,22)(H,17,21)/t14-/m1/s1. The monoisotopic (exact) mass is 303 g/mol. The summed E-state index contributed by atoms with van der Waals surface area (Å²) < 4.78 is 1.89. The van der Waals surface area contributed by atoms with Crippen molar-refractivity contribution in [2.24, 2.45) is 5.92 Å². The third-order valence-electron chi connectivity index (χ3n) is 3.34. The number of nitrogens with one attached hydrogen (secondary N) is 2. The summed E-state index contributed by atoms with van der Waals surface area (Å²) in [6.07, 6.45) is 2.46. The number of rotatable bonds is 6. The molecule has 0 aliphatic heterocycles. The molecule has 0 aromatic carbocycles. The van der Waals surface area contributed by atoms with Gasteiger partial charge in [-0.1, -0.05) is 19.9 Å². The van der Waals surface area contributed by atoms with E-state index in [0.717, 1.165) is 11.5 Å². The van der Waals surface area contributed by atoms with Crippen molar-refractivity contribution in [3.63, 3.8) is 0 Å². The van der Waals surface area contributed by atoms with E-state index >= 15 is 0 Å². The van der Waals surface area contributed by atoms with E-state index in [1.165, 1.54) is 6.92 Å². The van der Waals surface area contributed by atoms with Crippen molar-refractivity contribution < 1.29 is 9.59 Å². The van der Waals surface area contributed by atoms with Crippen molar-refractivity contribution in [3.8, 4) is 0 Å². The fourth-order valence-corrected chi connectivity index (χ4v) is 2.22. The first-order valence-corrected chi connectivity index (χ1v) is 7.32. The average Bonchev–Trinajstić information content (AvgIpc) is 2.87. The molecule has 0 fully saturated rings. The van der Waals surface area contributed by atoms with Crippen LogP contribution in [0.25, 0.3) is 5.65 Å². The highest BCUT2D eigenvalue weighted by atomic mass is 16.2. The average molecular weight is 303 g/mol. The predicted molar refractivity (Wildman–Crippen MR) is 82.1 cm³/mol. The topological polar surface area (TPSA) is 88.4 Å². The van der Waals surface area contributed by atoms with Crippen LogP contribution in [0.1, 0.15) is 26.6 Å². The largest absolute Gasteiger partial charge is 0.354 e. The first kappa shape index (κ1) is 15.9. The Morgan fingerprint density at radius 2 is 2.05 bits per heavy atom. The van der Waals surface area contributed by atoms with Crippen molar-refractivity contribution in [2.75, 3.05) is 6.54 Å². The minimum absolute atomic E-state index is 0.0258. The van der Waals surface area contributed by atoms with Crippen molar-refractivity contribution >= 4 is 17.5 Å². The molecule has 0 saturated heterocycles. The van der Waals surface area contributed by atoms with Gasteiger partial charge in [-0.05, 0) is 18.1 Å². The zero-order valence-electron chi connectivity index (χ0n) is 13.0. The van der Waals surface area contributed by atoms with Crippen LogP contribution in [0.4, 0.5) is 0 Å². The third kappa shape index (κ3) is 3.81. The van der Waals surface area contributed by atoms with Crippen LogP contribution < -0.4 is 10.6 Å². The lowest BCUT2D eigenvalue weighted by molar-refractivity contribution is -0.129. The van der Waals surface area contributed by atoms with E-state index in [-0.39, 0.29) is 17.7 Å². The molecule has 118 valence electrons. The van der Waals surface area contributed by atoms with Gasteiger partial charge in [0.25, 0.3) is 0 Å². The Kier molecular flexibility index (Phi) is 5.08. The second kappa shape index (κ2) is 7.02. The molecular formula is C15H21N5O2. The molecular weight excluding hydrogens is 282 g/mol. The molecule has 7 nitrogen and oxygen atoms in total. The van der Waals surface area contributed by atoms with Gasteiger partial charge >= 0.3 is 0 Å². The molecule has 2 aromatic rings. The molecule has 0 radical (unpaired) electrons. The van der Waals surface area contributed by atoms with Gasteiger partial charge < -0.3 is 10.6 Å². The Morgan fingerprint density at radius 3 is 2.73 bits per heavy atom. The summed E-state index contributed by atoms with van der Waals surface area (Å²) in [5.41, 5.74) is 0.780.